The Bertz CT molecular complexity index is 1310. The van der Waals surface area contributed by atoms with Crippen LogP contribution in [0.3, 0.4) is 0 Å². The van der Waals surface area contributed by atoms with Gasteiger partial charge in [-0.3, -0.25) is 4.79 Å². The van der Waals surface area contributed by atoms with E-state index in [0.29, 0.717) is 17.8 Å². The van der Waals surface area contributed by atoms with Crippen LogP contribution in [0.25, 0.3) is 0 Å². The third-order valence-electron chi connectivity index (χ3n) is 16.2. The molecule has 3 aliphatic heterocycles. The predicted molar refractivity (Wildman–Crippen MR) is 168 cm³/mol. The molecule has 2 bridgehead atoms. The quantitative estimate of drug-likeness (QED) is 0.260. The Balaban J connectivity index is 1.08. The molecule has 0 radical (unpaired) electrons. The summed E-state index contributed by atoms with van der Waals surface area (Å²) in [6.45, 7) is 16.5. The molecule has 0 aromatic carbocycles. The molecule has 0 amide bonds. The molecule has 3 saturated heterocycles. The average Bonchev–Trinajstić information content (AvgIpc) is 3.49. The van der Waals surface area contributed by atoms with Crippen LogP contribution in [0, 0.1) is 50.7 Å². The first-order chi connectivity index (χ1) is 21.8. The molecule has 17 unspecified atom stereocenters. The SMILES string of the molecule is CC(=O)OC1C(OC2CCC34CC35CCC3(C)C6C(C)CC7OC6(OC7C(C)(C)O)C(O)C3(C)C5CCC4C2(C)C)OCC(O)C1O. The van der Waals surface area contributed by atoms with Crippen molar-refractivity contribution in [1.29, 1.82) is 0 Å². The summed E-state index contributed by atoms with van der Waals surface area (Å²) in [5.74, 6) is -0.546. The molecule has 0 aromatic rings. The number of esters is 1. The minimum absolute atomic E-state index is 0.0541. The highest BCUT2D eigenvalue weighted by atomic mass is 16.8. The van der Waals surface area contributed by atoms with Crippen molar-refractivity contribution in [3.63, 3.8) is 0 Å². The maximum absolute atomic E-state index is 12.7. The number of aliphatic hydroxyl groups excluding tert-OH is 3. The zero-order valence-electron chi connectivity index (χ0n) is 29.5. The Morgan fingerprint density at radius 1 is 0.936 bits per heavy atom. The maximum atomic E-state index is 12.7. The number of ether oxygens (including phenoxy) is 5. The van der Waals surface area contributed by atoms with Gasteiger partial charge in [-0.05, 0) is 105 Å². The van der Waals surface area contributed by atoms with Gasteiger partial charge < -0.3 is 44.1 Å². The molecule has 5 saturated carbocycles. The summed E-state index contributed by atoms with van der Waals surface area (Å²) in [6, 6.07) is 0. The van der Waals surface area contributed by atoms with Gasteiger partial charge >= 0.3 is 5.97 Å². The van der Waals surface area contributed by atoms with Crippen LogP contribution in [-0.4, -0.2) is 93.4 Å². The lowest BCUT2D eigenvalue weighted by molar-refractivity contribution is -0.305. The molecule has 3 heterocycles. The van der Waals surface area contributed by atoms with Gasteiger partial charge in [0.25, 0.3) is 0 Å². The normalized spacial score (nSPS) is 58.8. The summed E-state index contributed by atoms with van der Waals surface area (Å²) in [5.41, 5.74) is -1.54. The van der Waals surface area contributed by atoms with E-state index in [2.05, 4.69) is 34.6 Å². The molecule has 266 valence electrons. The van der Waals surface area contributed by atoms with Gasteiger partial charge in [-0.1, -0.05) is 34.6 Å². The minimum Gasteiger partial charge on any atom is -0.454 e. The molecule has 5 aliphatic carbocycles. The Kier molecular flexibility index (Phi) is 7.03. The van der Waals surface area contributed by atoms with Crippen LogP contribution in [0.2, 0.25) is 0 Å². The van der Waals surface area contributed by atoms with E-state index < -0.39 is 59.6 Å². The number of rotatable bonds is 4. The fourth-order valence-corrected chi connectivity index (χ4v) is 14.3. The highest BCUT2D eigenvalue weighted by Crippen LogP contribution is 2.90. The van der Waals surface area contributed by atoms with Gasteiger partial charge in [-0.25, -0.2) is 0 Å². The largest absolute Gasteiger partial charge is 0.454 e. The lowest BCUT2D eigenvalue weighted by Gasteiger charge is -2.63. The van der Waals surface area contributed by atoms with Crippen LogP contribution in [0.15, 0.2) is 0 Å². The Morgan fingerprint density at radius 3 is 2.30 bits per heavy atom. The second-order valence-electron chi connectivity index (χ2n) is 18.9. The summed E-state index contributed by atoms with van der Waals surface area (Å²) in [6.07, 6.45) is 1.92. The fraction of sp³-hybridized carbons (Fsp3) is 0.973. The summed E-state index contributed by atoms with van der Waals surface area (Å²) in [4.78, 5) is 11.9. The van der Waals surface area contributed by atoms with Crippen LogP contribution in [0.5, 0.6) is 0 Å². The fourth-order valence-electron chi connectivity index (χ4n) is 14.3. The van der Waals surface area contributed by atoms with Gasteiger partial charge in [0.15, 0.2) is 18.2 Å². The second kappa shape index (κ2) is 9.93. The zero-order valence-corrected chi connectivity index (χ0v) is 29.5. The second-order valence-corrected chi connectivity index (χ2v) is 18.9. The molecule has 10 nitrogen and oxygen atoms in total. The van der Waals surface area contributed by atoms with Crippen molar-refractivity contribution in [2.24, 2.45) is 50.7 Å². The number of hydrogen-bond donors (Lipinski definition) is 4. The predicted octanol–water partition coefficient (Wildman–Crippen LogP) is 3.69. The minimum atomic E-state index is -1.28. The molecule has 0 aromatic heterocycles. The van der Waals surface area contributed by atoms with Crippen LogP contribution in [-0.2, 0) is 28.5 Å². The van der Waals surface area contributed by atoms with E-state index in [9.17, 15) is 25.2 Å². The Hall–Kier alpha value is -0.850. The molecule has 10 heteroatoms. The molecule has 8 rings (SSSR count). The van der Waals surface area contributed by atoms with E-state index >= 15 is 0 Å². The van der Waals surface area contributed by atoms with Crippen LogP contribution in [0.1, 0.15) is 107 Å². The smallest absolute Gasteiger partial charge is 0.303 e. The first kappa shape index (κ1) is 33.3. The van der Waals surface area contributed by atoms with Crippen molar-refractivity contribution in [2.45, 2.75) is 167 Å². The van der Waals surface area contributed by atoms with Gasteiger partial charge in [-0.15, -0.1) is 0 Å². The number of carbonyl (C=O) groups excluding carboxylic acids is 1. The zero-order chi connectivity index (χ0) is 33.9. The van der Waals surface area contributed by atoms with E-state index in [1.807, 2.05) is 0 Å². The molecule has 3 spiro atoms. The third kappa shape index (κ3) is 3.94. The van der Waals surface area contributed by atoms with Gasteiger partial charge in [0.1, 0.15) is 24.4 Å². The van der Waals surface area contributed by atoms with E-state index in [1.165, 1.54) is 6.92 Å². The van der Waals surface area contributed by atoms with Crippen LogP contribution < -0.4 is 0 Å². The topological polar surface area (TPSA) is 144 Å². The molecule has 8 aliphatic rings. The molecule has 8 fully saturated rings. The van der Waals surface area contributed by atoms with Crippen LogP contribution in [0.4, 0.5) is 0 Å². The molecule has 17 atom stereocenters. The summed E-state index contributed by atoms with van der Waals surface area (Å²) < 4.78 is 31.6. The van der Waals surface area contributed by atoms with Gasteiger partial charge in [0.2, 0.25) is 0 Å². The monoisotopic (exact) mass is 662 g/mol. The lowest BCUT2D eigenvalue weighted by Crippen LogP contribution is -2.61. The number of carbonyl (C=O) groups is 1. The standard InChI is InChI=1S/C37H58O10/c1-18-15-21-28(32(5,6)42)47-37(46-21)27(18)33(7)13-14-36-17-35(36)12-11-24(45-29-26(44-19(2)38)25(40)20(39)16-43-29)31(3,4)22(35)9-10-23(36)34(33,8)30(37)41/h18,20-30,39-42H,9-17H2,1-8H3. The summed E-state index contributed by atoms with van der Waals surface area (Å²) in [7, 11) is 0. The molecule has 4 N–H and O–H groups in total. The maximum Gasteiger partial charge on any atom is 0.303 e. The lowest BCUT2D eigenvalue weighted by atomic mass is 9.41. The first-order valence-electron chi connectivity index (χ1n) is 18.4. The van der Waals surface area contributed by atoms with E-state index in [-0.39, 0.29) is 46.4 Å². The highest BCUT2D eigenvalue weighted by Gasteiger charge is 2.88. The van der Waals surface area contributed by atoms with E-state index in [4.69, 9.17) is 23.7 Å². The van der Waals surface area contributed by atoms with E-state index in [1.54, 1.807) is 13.8 Å². The molecular formula is C37H58O10. The van der Waals surface area contributed by atoms with Gasteiger partial charge in [0, 0.05) is 18.3 Å². The first-order valence-corrected chi connectivity index (χ1v) is 18.4. The molecule has 47 heavy (non-hydrogen) atoms. The van der Waals surface area contributed by atoms with Gasteiger partial charge in [0.05, 0.1) is 24.4 Å². The van der Waals surface area contributed by atoms with E-state index in [0.717, 1.165) is 51.4 Å². The van der Waals surface area contributed by atoms with Crippen molar-refractivity contribution in [3.8, 4) is 0 Å². The Morgan fingerprint density at radius 2 is 1.62 bits per heavy atom. The van der Waals surface area contributed by atoms with Crippen LogP contribution >= 0.6 is 0 Å². The highest BCUT2D eigenvalue weighted by molar-refractivity contribution is 5.66. The van der Waals surface area contributed by atoms with Crippen molar-refractivity contribution in [1.82, 2.24) is 0 Å². The van der Waals surface area contributed by atoms with Gasteiger partial charge in [-0.2, -0.15) is 0 Å². The number of hydrogen-bond acceptors (Lipinski definition) is 10. The van der Waals surface area contributed by atoms with Crippen molar-refractivity contribution in [2.75, 3.05) is 6.61 Å². The average molecular weight is 663 g/mol. The summed E-state index contributed by atoms with van der Waals surface area (Å²) in [5, 5.41) is 44.7. The number of fused-ring (bicyclic) bond motifs is 4. The Labute approximate surface area is 279 Å². The third-order valence-corrected chi connectivity index (χ3v) is 16.2. The van der Waals surface area contributed by atoms with Crippen molar-refractivity contribution < 1.29 is 48.9 Å². The number of aliphatic hydroxyl groups is 4. The van der Waals surface area contributed by atoms with Crippen molar-refractivity contribution >= 4 is 5.97 Å². The summed E-state index contributed by atoms with van der Waals surface area (Å²) >= 11 is 0. The van der Waals surface area contributed by atoms with Crippen molar-refractivity contribution in [3.05, 3.63) is 0 Å². The molecular weight excluding hydrogens is 604 g/mol.